The fourth-order valence-electron chi connectivity index (χ4n) is 3.29. The molecule has 0 unspecified atom stereocenters. The van der Waals surface area contributed by atoms with Crippen LogP contribution in [0.5, 0.6) is 0 Å². The second-order valence-corrected chi connectivity index (χ2v) is 6.44. The van der Waals surface area contributed by atoms with Crippen molar-refractivity contribution in [2.24, 2.45) is 14.1 Å². The van der Waals surface area contributed by atoms with Crippen LogP contribution in [0.4, 0.5) is 0 Å². The third-order valence-electron chi connectivity index (χ3n) is 4.38. The van der Waals surface area contributed by atoms with Crippen LogP contribution in [-0.4, -0.2) is 9.13 Å². The number of aromatic nitrogens is 2. The van der Waals surface area contributed by atoms with Crippen LogP contribution in [0.25, 0.3) is 33.2 Å². The monoisotopic (exact) mass is 324 g/mol. The van der Waals surface area contributed by atoms with Gasteiger partial charge in [0.2, 0.25) is 0 Å². The predicted octanol–water partition coefficient (Wildman–Crippen LogP) is 4.91. The topological polar surface area (TPSA) is 9.86 Å². The second-order valence-electron chi connectivity index (χ2n) is 5.55. The summed E-state index contributed by atoms with van der Waals surface area (Å²) in [5, 5.41) is 2.34. The van der Waals surface area contributed by atoms with Gasteiger partial charge in [0.1, 0.15) is 0 Å². The summed E-state index contributed by atoms with van der Waals surface area (Å²) in [6, 6.07) is 16.7. The lowest BCUT2D eigenvalue weighted by atomic mass is 10.2. The highest BCUT2D eigenvalue weighted by Crippen LogP contribution is 2.41. The molecule has 22 heavy (non-hydrogen) atoms. The minimum absolute atomic E-state index is 0.999. The van der Waals surface area contributed by atoms with Crippen molar-refractivity contribution in [1.82, 2.24) is 9.13 Å². The van der Waals surface area contributed by atoms with Gasteiger partial charge in [-0.15, -0.1) is 25.3 Å². The molecule has 4 aromatic rings. The first-order chi connectivity index (χ1) is 10.6. The van der Waals surface area contributed by atoms with Crippen LogP contribution in [0.1, 0.15) is 0 Å². The largest absolute Gasteiger partial charge is 0.341 e. The summed E-state index contributed by atoms with van der Waals surface area (Å²) in [5.74, 6) is 0. The molecule has 4 rings (SSSR count). The molecule has 0 spiro atoms. The van der Waals surface area contributed by atoms with Gasteiger partial charge in [-0.1, -0.05) is 36.4 Å². The molecule has 0 radical (unpaired) electrons. The van der Waals surface area contributed by atoms with Gasteiger partial charge in [-0.2, -0.15) is 0 Å². The van der Waals surface area contributed by atoms with Crippen molar-refractivity contribution in [3.05, 3.63) is 48.5 Å². The Kier molecular flexibility index (Phi) is 3.06. The molecule has 2 aromatic heterocycles. The molecule has 0 aliphatic rings. The molecule has 0 saturated carbocycles. The summed E-state index contributed by atoms with van der Waals surface area (Å²) < 4.78 is 4.40. The quantitative estimate of drug-likeness (QED) is 0.461. The van der Waals surface area contributed by atoms with E-state index in [-0.39, 0.29) is 0 Å². The van der Waals surface area contributed by atoms with Gasteiger partial charge in [-0.25, -0.2) is 0 Å². The van der Waals surface area contributed by atoms with E-state index in [1.54, 1.807) is 0 Å². The SMILES string of the molecule is Cn1c(-c2c(S)c3ccccc3n2C)c(S)c2ccccc21. The number of fused-ring (bicyclic) bond motifs is 2. The van der Waals surface area contributed by atoms with Crippen LogP contribution in [0.2, 0.25) is 0 Å². The molecule has 0 aliphatic heterocycles. The van der Waals surface area contributed by atoms with Gasteiger partial charge in [0.05, 0.1) is 11.4 Å². The molecule has 2 nitrogen and oxygen atoms in total. The van der Waals surface area contributed by atoms with Crippen molar-refractivity contribution in [2.75, 3.05) is 0 Å². The molecule has 0 fully saturated rings. The summed E-state index contributed by atoms with van der Waals surface area (Å²) in [6.45, 7) is 0. The highest BCUT2D eigenvalue weighted by molar-refractivity contribution is 7.81. The summed E-state index contributed by atoms with van der Waals surface area (Å²) in [6.07, 6.45) is 0. The fraction of sp³-hybridized carbons (Fsp3) is 0.111. The first-order valence-corrected chi connectivity index (χ1v) is 8.04. The lowest BCUT2D eigenvalue weighted by Gasteiger charge is -2.09. The Hall–Kier alpha value is -1.78. The normalized spacial score (nSPS) is 11.6. The van der Waals surface area contributed by atoms with Crippen molar-refractivity contribution in [1.29, 1.82) is 0 Å². The summed E-state index contributed by atoms with van der Waals surface area (Å²) in [7, 11) is 4.17. The minimum atomic E-state index is 0.999. The van der Waals surface area contributed by atoms with E-state index in [2.05, 4.69) is 71.8 Å². The summed E-state index contributed by atoms with van der Waals surface area (Å²) >= 11 is 9.61. The molecule has 110 valence electrons. The van der Waals surface area contributed by atoms with Crippen LogP contribution in [0, 0.1) is 0 Å². The van der Waals surface area contributed by atoms with E-state index in [0.717, 1.165) is 21.2 Å². The maximum absolute atomic E-state index is 4.80. The number of thiol groups is 2. The van der Waals surface area contributed by atoms with Crippen LogP contribution in [0.15, 0.2) is 58.3 Å². The van der Waals surface area contributed by atoms with Gasteiger partial charge >= 0.3 is 0 Å². The van der Waals surface area contributed by atoms with Crippen LogP contribution < -0.4 is 0 Å². The first kappa shape index (κ1) is 13.9. The number of hydrogen-bond donors (Lipinski definition) is 2. The number of para-hydroxylation sites is 2. The highest BCUT2D eigenvalue weighted by atomic mass is 32.1. The van der Waals surface area contributed by atoms with Gasteiger partial charge in [0.25, 0.3) is 0 Å². The summed E-state index contributed by atoms with van der Waals surface area (Å²) in [4.78, 5) is 2.00. The molecule has 0 bridgehead atoms. The minimum Gasteiger partial charge on any atom is -0.341 e. The maximum Gasteiger partial charge on any atom is 0.0803 e. The lowest BCUT2D eigenvalue weighted by molar-refractivity contribution is 0.906. The lowest BCUT2D eigenvalue weighted by Crippen LogP contribution is -1.98. The molecule has 0 amide bonds. The zero-order chi connectivity index (χ0) is 15.4. The standard InChI is InChI=1S/C18H16N2S2/c1-19-13-9-5-3-7-11(13)17(21)15(19)16-18(22)12-8-4-6-10-14(12)20(16)2/h3-10,21-22H,1-2H3. The number of benzene rings is 2. The van der Waals surface area contributed by atoms with Gasteiger partial charge in [-0.05, 0) is 12.1 Å². The van der Waals surface area contributed by atoms with Crippen molar-refractivity contribution in [2.45, 2.75) is 9.79 Å². The van der Waals surface area contributed by atoms with Crippen molar-refractivity contribution in [3.8, 4) is 11.4 Å². The molecule has 0 saturated heterocycles. The summed E-state index contributed by atoms with van der Waals surface area (Å²) in [5.41, 5.74) is 4.57. The van der Waals surface area contributed by atoms with Gasteiger partial charge < -0.3 is 9.13 Å². The molecule has 0 N–H and O–H groups in total. The number of rotatable bonds is 1. The van der Waals surface area contributed by atoms with Crippen molar-refractivity contribution < 1.29 is 0 Å². The van der Waals surface area contributed by atoms with Gasteiger partial charge in [0.15, 0.2) is 0 Å². The molecule has 0 atom stereocenters. The Balaban J connectivity index is 2.17. The van der Waals surface area contributed by atoms with Crippen LogP contribution in [0.3, 0.4) is 0 Å². The van der Waals surface area contributed by atoms with E-state index in [0.29, 0.717) is 0 Å². The Morgan fingerprint density at radius 3 is 1.36 bits per heavy atom. The molecular formula is C18H16N2S2. The van der Waals surface area contributed by atoms with Crippen LogP contribution in [-0.2, 0) is 14.1 Å². The number of aryl methyl sites for hydroxylation is 2. The number of nitrogens with zero attached hydrogens (tertiary/aromatic N) is 2. The van der Waals surface area contributed by atoms with Crippen molar-refractivity contribution >= 4 is 47.1 Å². The van der Waals surface area contributed by atoms with E-state index in [9.17, 15) is 0 Å². The van der Waals surface area contributed by atoms with E-state index in [1.165, 1.54) is 21.8 Å². The molecular weight excluding hydrogens is 308 g/mol. The fourth-order valence-corrected chi connectivity index (χ4v) is 4.18. The smallest absolute Gasteiger partial charge is 0.0803 e. The molecule has 2 heterocycles. The Morgan fingerprint density at radius 2 is 1.00 bits per heavy atom. The molecule has 0 aliphatic carbocycles. The Labute approximate surface area is 140 Å². The van der Waals surface area contributed by atoms with Crippen LogP contribution >= 0.6 is 25.3 Å². The van der Waals surface area contributed by atoms with E-state index >= 15 is 0 Å². The Bertz CT molecular complexity index is 863. The zero-order valence-electron chi connectivity index (χ0n) is 12.4. The maximum atomic E-state index is 4.80. The third-order valence-corrected chi connectivity index (χ3v) is 5.29. The van der Waals surface area contributed by atoms with Crippen molar-refractivity contribution in [3.63, 3.8) is 0 Å². The predicted molar refractivity (Wildman–Crippen MR) is 99.3 cm³/mol. The van der Waals surface area contributed by atoms with E-state index < -0.39 is 0 Å². The first-order valence-electron chi connectivity index (χ1n) is 7.14. The second kappa shape index (κ2) is 4.86. The molecule has 2 aromatic carbocycles. The Morgan fingerprint density at radius 1 is 0.636 bits per heavy atom. The average Bonchev–Trinajstić information content (AvgIpc) is 2.94. The molecule has 4 heteroatoms. The average molecular weight is 324 g/mol. The highest BCUT2D eigenvalue weighted by Gasteiger charge is 2.21. The van der Waals surface area contributed by atoms with E-state index in [4.69, 9.17) is 25.3 Å². The zero-order valence-corrected chi connectivity index (χ0v) is 14.2. The van der Waals surface area contributed by atoms with Gasteiger partial charge in [0, 0.05) is 45.7 Å². The van der Waals surface area contributed by atoms with Gasteiger partial charge in [-0.3, -0.25) is 0 Å². The number of hydrogen-bond acceptors (Lipinski definition) is 2. The third kappa shape index (κ3) is 1.71. The van der Waals surface area contributed by atoms with E-state index in [1.807, 2.05) is 0 Å².